The zero-order valence-electron chi connectivity index (χ0n) is 21.0. The second kappa shape index (κ2) is 11.5. The summed E-state index contributed by atoms with van der Waals surface area (Å²) in [6, 6.07) is 14.9. The van der Waals surface area contributed by atoms with Crippen LogP contribution in [0.3, 0.4) is 0 Å². The van der Waals surface area contributed by atoms with Gasteiger partial charge in [0.2, 0.25) is 0 Å². The van der Waals surface area contributed by atoms with Crippen molar-refractivity contribution in [3.63, 3.8) is 0 Å². The average Bonchev–Trinajstić information content (AvgIpc) is 2.89. The Labute approximate surface area is 207 Å². The van der Waals surface area contributed by atoms with Gasteiger partial charge in [0.25, 0.3) is 5.56 Å². The van der Waals surface area contributed by atoms with Crippen LogP contribution in [0, 0.1) is 0 Å². The number of nitrogens with zero attached hydrogens (tertiary/aromatic N) is 3. The number of ether oxygens (including phenoxy) is 1. The van der Waals surface area contributed by atoms with Crippen LogP contribution in [0.5, 0.6) is 0 Å². The predicted molar refractivity (Wildman–Crippen MR) is 139 cm³/mol. The van der Waals surface area contributed by atoms with Crippen molar-refractivity contribution in [2.75, 3.05) is 20.3 Å². The lowest BCUT2D eigenvalue weighted by Crippen LogP contribution is -2.48. The molecule has 1 aliphatic rings. The van der Waals surface area contributed by atoms with Crippen molar-refractivity contribution in [1.29, 1.82) is 0 Å². The number of fused-ring (bicyclic) bond motifs is 1. The zero-order chi connectivity index (χ0) is 24.8. The molecule has 0 aliphatic heterocycles. The van der Waals surface area contributed by atoms with Crippen LogP contribution in [0.15, 0.2) is 53.3 Å². The number of aromatic nitrogens is 2. The van der Waals surface area contributed by atoms with Crippen molar-refractivity contribution in [3.05, 3.63) is 70.3 Å². The highest BCUT2D eigenvalue weighted by atomic mass is 16.5. The summed E-state index contributed by atoms with van der Waals surface area (Å²) in [6.07, 6.45) is 6.42. The summed E-state index contributed by atoms with van der Waals surface area (Å²) in [5.74, 6) is 0.535. The second-order valence-electron chi connectivity index (χ2n) is 9.29. The van der Waals surface area contributed by atoms with E-state index in [9.17, 15) is 9.59 Å². The fraction of sp³-hybridized carbons (Fsp3) is 0.464. The Bertz CT molecular complexity index is 1200. The van der Waals surface area contributed by atoms with Crippen LogP contribution in [0.1, 0.15) is 63.4 Å². The number of methoxy groups -OCH3 is 1. The third-order valence-corrected chi connectivity index (χ3v) is 6.98. The molecule has 2 amide bonds. The molecule has 1 atom stereocenters. The summed E-state index contributed by atoms with van der Waals surface area (Å²) < 4.78 is 6.98. The molecular formula is C28H36N4O3. The topological polar surface area (TPSA) is 76.5 Å². The summed E-state index contributed by atoms with van der Waals surface area (Å²) in [7, 11) is 1.63. The number of hydrogen-bond acceptors (Lipinski definition) is 4. The number of aryl methyl sites for hydroxylation is 1. The van der Waals surface area contributed by atoms with Crippen LogP contribution >= 0.6 is 0 Å². The third kappa shape index (κ3) is 5.56. The number of para-hydroxylation sites is 1. The molecule has 1 heterocycles. The molecule has 0 radical (unpaired) electrons. The normalized spacial score (nSPS) is 15.2. The molecule has 3 aromatic rings. The Hall–Kier alpha value is -3.19. The van der Waals surface area contributed by atoms with Crippen LogP contribution in [-0.4, -0.2) is 46.8 Å². The molecule has 1 N–H and O–H groups in total. The van der Waals surface area contributed by atoms with E-state index in [-0.39, 0.29) is 17.6 Å². The average molecular weight is 477 g/mol. The molecule has 35 heavy (non-hydrogen) atoms. The molecule has 186 valence electrons. The van der Waals surface area contributed by atoms with Crippen molar-refractivity contribution in [2.24, 2.45) is 0 Å². The van der Waals surface area contributed by atoms with Gasteiger partial charge < -0.3 is 15.0 Å². The first-order valence-electron chi connectivity index (χ1n) is 12.7. The minimum absolute atomic E-state index is 0.138. The lowest BCUT2D eigenvalue weighted by molar-refractivity contribution is 0.127. The summed E-state index contributed by atoms with van der Waals surface area (Å²) in [5.41, 5.74) is 2.42. The maximum Gasteiger partial charge on any atom is 0.318 e. The van der Waals surface area contributed by atoms with E-state index in [1.807, 2.05) is 49.4 Å². The van der Waals surface area contributed by atoms with Crippen LogP contribution in [0.25, 0.3) is 16.6 Å². The number of hydrogen-bond donors (Lipinski definition) is 1. The Balaban J connectivity index is 1.78. The highest BCUT2D eigenvalue weighted by Gasteiger charge is 2.28. The van der Waals surface area contributed by atoms with Gasteiger partial charge in [0.05, 0.1) is 29.2 Å². The molecular weight excluding hydrogens is 440 g/mol. The van der Waals surface area contributed by atoms with Crippen molar-refractivity contribution < 1.29 is 9.53 Å². The smallest absolute Gasteiger partial charge is 0.318 e. The second-order valence-corrected chi connectivity index (χ2v) is 9.29. The van der Waals surface area contributed by atoms with Crippen molar-refractivity contribution in [1.82, 2.24) is 19.8 Å². The highest BCUT2D eigenvalue weighted by Crippen LogP contribution is 2.24. The Morgan fingerprint density at radius 2 is 1.86 bits per heavy atom. The Morgan fingerprint density at radius 1 is 1.14 bits per heavy atom. The van der Waals surface area contributed by atoms with E-state index in [1.165, 1.54) is 12.0 Å². The molecule has 7 nitrogen and oxygen atoms in total. The third-order valence-electron chi connectivity index (χ3n) is 6.98. The first kappa shape index (κ1) is 24.9. The molecule has 0 bridgehead atoms. The number of carbonyl (C=O) groups excluding carboxylic acids is 1. The van der Waals surface area contributed by atoms with Gasteiger partial charge in [-0.25, -0.2) is 9.78 Å². The van der Waals surface area contributed by atoms with Crippen molar-refractivity contribution in [3.8, 4) is 5.69 Å². The summed E-state index contributed by atoms with van der Waals surface area (Å²) in [5, 5.41) is 3.77. The fourth-order valence-corrected chi connectivity index (χ4v) is 4.86. The largest absolute Gasteiger partial charge is 0.383 e. The number of amides is 2. The monoisotopic (exact) mass is 476 g/mol. The molecule has 1 aliphatic carbocycles. The van der Waals surface area contributed by atoms with E-state index in [2.05, 4.69) is 12.2 Å². The van der Waals surface area contributed by atoms with Gasteiger partial charge in [-0.3, -0.25) is 9.36 Å². The van der Waals surface area contributed by atoms with Crippen LogP contribution in [-0.2, 0) is 11.2 Å². The predicted octanol–water partition coefficient (Wildman–Crippen LogP) is 5.00. The van der Waals surface area contributed by atoms with E-state index in [1.54, 1.807) is 22.6 Å². The number of carbonyl (C=O) groups is 1. The van der Waals surface area contributed by atoms with E-state index in [0.717, 1.165) is 37.8 Å². The number of benzene rings is 2. The SMILES string of the molecule is CCc1ccc(-n2c(C(C)N(CCOC)C(=O)NC3CCCCC3)nc3ccccc3c2=O)cc1. The van der Waals surface area contributed by atoms with E-state index >= 15 is 0 Å². The molecule has 2 aromatic carbocycles. The summed E-state index contributed by atoms with van der Waals surface area (Å²) in [4.78, 5) is 33.8. The van der Waals surface area contributed by atoms with Gasteiger partial charge in [-0.1, -0.05) is 50.5 Å². The van der Waals surface area contributed by atoms with Crippen LogP contribution < -0.4 is 10.9 Å². The maximum atomic E-state index is 13.7. The Kier molecular flexibility index (Phi) is 8.18. The van der Waals surface area contributed by atoms with Gasteiger partial charge >= 0.3 is 6.03 Å². The Morgan fingerprint density at radius 3 is 2.54 bits per heavy atom. The van der Waals surface area contributed by atoms with Gasteiger partial charge in [-0.2, -0.15) is 0 Å². The molecule has 7 heteroatoms. The molecule has 1 saturated carbocycles. The van der Waals surface area contributed by atoms with E-state index in [0.29, 0.717) is 29.9 Å². The fourth-order valence-electron chi connectivity index (χ4n) is 4.86. The van der Waals surface area contributed by atoms with Crippen LogP contribution in [0.2, 0.25) is 0 Å². The van der Waals surface area contributed by atoms with Crippen molar-refractivity contribution in [2.45, 2.75) is 64.5 Å². The summed E-state index contributed by atoms with van der Waals surface area (Å²) >= 11 is 0. The van der Waals surface area contributed by atoms with Gasteiger partial charge in [0.15, 0.2) is 0 Å². The minimum Gasteiger partial charge on any atom is -0.383 e. The lowest BCUT2D eigenvalue weighted by Gasteiger charge is -2.33. The van der Waals surface area contributed by atoms with Gasteiger partial charge in [0.1, 0.15) is 5.82 Å². The highest BCUT2D eigenvalue weighted by molar-refractivity contribution is 5.78. The first-order valence-corrected chi connectivity index (χ1v) is 12.7. The van der Waals surface area contributed by atoms with Gasteiger partial charge in [0, 0.05) is 19.7 Å². The minimum atomic E-state index is -0.447. The first-order chi connectivity index (χ1) is 17.0. The quantitative estimate of drug-likeness (QED) is 0.496. The standard InChI is InChI=1S/C28H36N4O3/c1-4-21-14-16-23(17-15-21)32-26(30-25-13-9-8-12-24(25)27(32)33)20(2)31(18-19-35-3)28(34)29-22-10-6-5-7-11-22/h8-9,12-17,20,22H,4-7,10-11,18-19H2,1-3H3,(H,29,34). The van der Waals surface area contributed by atoms with Gasteiger partial charge in [-0.15, -0.1) is 0 Å². The van der Waals surface area contributed by atoms with Gasteiger partial charge in [-0.05, 0) is 56.0 Å². The lowest BCUT2D eigenvalue weighted by atomic mass is 9.96. The zero-order valence-corrected chi connectivity index (χ0v) is 21.0. The molecule has 0 saturated heterocycles. The van der Waals surface area contributed by atoms with E-state index in [4.69, 9.17) is 9.72 Å². The molecule has 0 spiro atoms. The maximum absolute atomic E-state index is 13.7. The van der Waals surface area contributed by atoms with E-state index < -0.39 is 6.04 Å². The molecule has 1 fully saturated rings. The summed E-state index contributed by atoms with van der Waals surface area (Å²) in [6.45, 7) is 4.83. The number of urea groups is 1. The van der Waals surface area contributed by atoms with Crippen molar-refractivity contribution >= 4 is 16.9 Å². The number of nitrogens with one attached hydrogen (secondary N) is 1. The molecule has 1 aromatic heterocycles. The molecule has 4 rings (SSSR count). The molecule has 1 unspecified atom stereocenters. The van der Waals surface area contributed by atoms with Crippen LogP contribution in [0.4, 0.5) is 4.79 Å². The number of rotatable bonds is 8.